The highest BCUT2D eigenvalue weighted by atomic mass is 16.5. The van der Waals surface area contributed by atoms with Gasteiger partial charge in [0.25, 0.3) is 0 Å². The van der Waals surface area contributed by atoms with Crippen molar-refractivity contribution in [3.05, 3.63) is 119 Å². The zero-order chi connectivity index (χ0) is 26.6. The van der Waals surface area contributed by atoms with Gasteiger partial charge in [-0.05, 0) is 64.9 Å². The smallest absolute Gasteiger partial charge is 0.160 e. The number of phenolic OH excluding ortho intramolecular Hbond substituents is 2. The number of phenols is 2. The minimum Gasteiger partial charge on any atom is -0.505 e. The second-order valence-electron chi connectivity index (χ2n) is 9.01. The van der Waals surface area contributed by atoms with Crippen LogP contribution in [0.5, 0.6) is 23.0 Å². The molecule has 6 nitrogen and oxygen atoms in total. The Morgan fingerprint density at radius 1 is 0.605 bits per heavy atom. The second-order valence-corrected chi connectivity index (χ2v) is 9.01. The summed E-state index contributed by atoms with van der Waals surface area (Å²) in [5.74, 6) is 0.999. The molecule has 0 aliphatic heterocycles. The van der Waals surface area contributed by atoms with E-state index in [4.69, 9.17) is 9.47 Å². The number of benzene rings is 5. The fourth-order valence-corrected chi connectivity index (χ4v) is 4.76. The van der Waals surface area contributed by atoms with Gasteiger partial charge in [-0.3, -0.25) is 0 Å². The predicted molar refractivity (Wildman–Crippen MR) is 150 cm³/mol. The van der Waals surface area contributed by atoms with Gasteiger partial charge in [0.2, 0.25) is 0 Å². The summed E-state index contributed by atoms with van der Waals surface area (Å²) >= 11 is 0. The summed E-state index contributed by atoms with van der Waals surface area (Å²) in [6, 6.07) is 30.8. The van der Waals surface area contributed by atoms with E-state index in [1.165, 1.54) is 7.11 Å². The van der Waals surface area contributed by atoms with Crippen LogP contribution in [0.3, 0.4) is 0 Å². The zero-order valence-corrected chi connectivity index (χ0v) is 21.4. The first-order valence-electron chi connectivity index (χ1n) is 12.2. The molecule has 0 aliphatic rings. The third-order valence-corrected chi connectivity index (χ3v) is 6.68. The van der Waals surface area contributed by atoms with Gasteiger partial charge in [0.15, 0.2) is 17.2 Å². The summed E-state index contributed by atoms with van der Waals surface area (Å²) in [6.07, 6.45) is 0. The second kappa shape index (κ2) is 10.6. The number of rotatable bonds is 7. The first kappa shape index (κ1) is 24.8. The molecule has 0 fully saturated rings. The van der Waals surface area contributed by atoms with Crippen molar-refractivity contribution in [2.24, 2.45) is 10.2 Å². The SMILES string of the molecule is COc1cc(C(c2ccccc2)c2ccc(N=Nc3cc(C)c4ccccc4c3O)c(OC)c2)ccc1O. The van der Waals surface area contributed by atoms with Crippen LogP contribution in [0, 0.1) is 6.92 Å². The Balaban J connectivity index is 1.56. The number of azo groups is 1. The lowest BCUT2D eigenvalue weighted by Crippen LogP contribution is -2.04. The number of hydrogen-bond acceptors (Lipinski definition) is 6. The number of aryl methyl sites for hydroxylation is 1. The Kier molecular flexibility index (Phi) is 6.96. The van der Waals surface area contributed by atoms with Gasteiger partial charge >= 0.3 is 0 Å². The highest BCUT2D eigenvalue weighted by molar-refractivity contribution is 5.94. The lowest BCUT2D eigenvalue weighted by atomic mass is 9.85. The van der Waals surface area contributed by atoms with Crippen LogP contribution in [0.1, 0.15) is 28.2 Å². The zero-order valence-electron chi connectivity index (χ0n) is 21.4. The van der Waals surface area contributed by atoms with Crippen molar-refractivity contribution in [2.75, 3.05) is 14.2 Å². The molecule has 0 aromatic heterocycles. The Hall–Kier alpha value is -4.84. The largest absolute Gasteiger partial charge is 0.505 e. The normalized spacial score (nSPS) is 12.1. The van der Waals surface area contributed by atoms with Crippen LogP contribution in [0.2, 0.25) is 0 Å². The maximum atomic E-state index is 10.8. The Morgan fingerprint density at radius 2 is 1.21 bits per heavy atom. The average Bonchev–Trinajstić information content (AvgIpc) is 2.96. The topological polar surface area (TPSA) is 83.6 Å². The van der Waals surface area contributed by atoms with Crippen LogP contribution < -0.4 is 9.47 Å². The number of methoxy groups -OCH3 is 2. The van der Waals surface area contributed by atoms with Gasteiger partial charge in [-0.25, -0.2) is 0 Å². The molecule has 5 aromatic carbocycles. The molecule has 6 heteroatoms. The Bertz CT molecular complexity index is 1630. The summed E-state index contributed by atoms with van der Waals surface area (Å²) in [6.45, 7) is 1.98. The van der Waals surface area contributed by atoms with Crippen molar-refractivity contribution >= 4 is 22.1 Å². The number of nitrogens with zero attached hydrogens (tertiary/aromatic N) is 2. The molecule has 0 aliphatic carbocycles. The van der Waals surface area contributed by atoms with E-state index in [0.29, 0.717) is 22.9 Å². The van der Waals surface area contributed by atoms with Crippen molar-refractivity contribution in [3.63, 3.8) is 0 Å². The summed E-state index contributed by atoms with van der Waals surface area (Å²) < 4.78 is 11.1. The average molecular weight is 505 g/mol. The predicted octanol–water partition coefficient (Wildman–Crippen LogP) is 8.17. The lowest BCUT2D eigenvalue weighted by Gasteiger charge is -2.21. The number of fused-ring (bicyclic) bond motifs is 1. The molecule has 2 N–H and O–H groups in total. The number of ether oxygens (including phenoxy) is 2. The van der Waals surface area contributed by atoms with E-state index in [9.17, 15) is 10.2 Å². The third kappa shape index (κ3) is 4.76. The van der Waals surface area contributed by atoms with Crippen molar-refractivity contribution in [3.8, 4) is 23.0 Å². The molecule has 1 unspecified atom stereocenters. The molecular formula is C32H28N2O4. The molecule has 0 saturated heterocycles. The molecule has 0 saturated carbocycles. The van der Waals surface area contributed by atoms with Crippen molar-refractivity contribution < 1.29 is 19.7 Å². The standard InChI is InChI=1S/C32H28N2O4/c1-20-17-27(32(36)25-12-8-7-11-24(20)25)34-33-26-15-13-22(18-29(26)37-2)31(21-9-5-4-6-10-21)23-14-16-28(35)30(19-23)38-3/h4-19,31,35-36H,1-3H3. The molecule has 0 radical (unpaired) electrons. The molecule has 0 spiro atoms. The van der Waals surface area contributed by atoms with Gasteiger partial charge in [0.05, 0.1) is 14.2 Å². The number of hydrogen-bond donors (Lipinski definition) is 2. The van der Waals surface area contributed by atoms with E-state index >= 15 is 0 Å². The maximum Gasteiger partial charge on any atom is 0.160 e. The van der Waals surface area contributed by atoms with Crippen molar-refractivity contribution in [1.82, 2.24) is 0 Å². The van der Waals surface area contributed by atoms with Gasteiger partial charge in [0, 0.05) is 11.3 Å². The molecular weight excluding hydrogens is 476 g/mol. The quantitative estimate of drug-likeness (QED) is 0.173. The van der Waals surface area contributed by atoms with Gasteiger partial charge in [-0.1, -0.05) is 66.7 Å². The van der Waals surface area contributed by atoms with Crippen LogP contribution in [0.25, 0.3) is 10.8 Å². The number of aromatic hydroxyl groups is 2. The molecule has 38 heavy (non-hydrogen) atoms. The summed E-state index contributed by atoms with van der Waals surface area (Å²) in [5.41, 5.74) is 4.95. The van der Waals surface area contributed by atoms with E-state index in [-0.39, 0.29) is 17.4 Å². The molecule has 190 valence electrons. The molecule has 0 heterocycles. The van der Waals surface area contributed by atoms with E-state index in [1.807, 2.05) is 85.8 Å². The highest BCUT2D eigenvalue weighted by Crippen LogP contribution is 2.41. The van der Waals surface area contributed by atoms with Crippen LogP contribution in [0.15, 0.2) is 107 Å². The first-order valence-corrected chi connectivity index (χ1v) is 12.2. The fourth-order valence-electron chi connectivity index (χ4n) is 4.76. The van der Waals surface area contributed by atoms with Gasteiger partial charge in [-0.2, -0.15) is 0 Å². The van der Waals surface area contributed by atoms with Crippen LogP contribution in [0.4, 0.5) is 11.4 Å². The fraction of sp³-hybridized carbons (Fsp3) is 0.125. The summed E-state index contributed by atoms with van der Waals surface area (Å²) in [7, 11) is 3.13. The monoisotopic (exact) mass is 504 g/mol. The molecule has 5 rings (SSSR count). The summed E-state index contributed by atoms with van der Waals surface area (Å²) in [4.78, 5) is 0. The van der Waals surface area contributed by atoms with Crippen LogP contribution >= 0.6 is 0 Å². The highest BCUT2D eigenvalue weighted by Gasteiger charge is 2.20. The Labute approximate surface area is 221 Å². The van der Waals surface area contributed by atoms with Crippen LogP contribution in [-0.4, -0.2) is 24.4 Å². The third-order valence-electron chi connectivity index (χ3n) is 6.68. The Morgan fingerprint density at radius 3 is 1.92 bits per heavy atom. The van der Waals surface area contributed by atoms with Crippen molar-refractivity contribution in [2.45, 2.75) is 12.8 Å². The first-order chi connectivity index (χ1) is 18.5. The summed E-state index contributed by atoms with van der Waals surface area (Å²) in [5, 5.41) is 31.4. The maximum absolute atomic E-state index is 10.8. The van der Waals surface area contributed by atoms with E-state index in [1.54, 1.807) is 13.2 Å². The molecule has 5 aromatic rings. The molecule has 1 atom stereocenters. The lowest BCUT2D eigenvalue weighted by molar-refractivity contribution is 0.373. The van der Waals surface area contributed by atoms with Crippen molar-refractivity contribution in [1.29, 1.82) is 0 Å². The van der Waals surface area contributed by atoms with E-state index in [2.05, 4.69) is 22.4 Å². The minimum atomic E-state index is -0.141. The van der Waals surface area contributed by atoms with Gasteiger partial charge in [-0.15, -0.1) is 10.2 Å². The van der Waals surface area contributed by atoms with E-state index < -0.39 is 0 Å². The van der Waals surface area contributed by atoms with Crippen LogP contribution in [-0.2, 0) is 0 Å². The molecule has 0 amide bonds. The van der Waals surface area contributed by atoms with Gasteiger partial charge < -0.3 is 19.7 Å². The van der Waals surface area contributed by atoms with E-state index in [0.717, 1.165) is 33.0 Å². The van der Waals surface area contributed by atoms with Gasteiger partial charge in [0.1, 0.15) is 17.1 Å². The molecule has 0 bridgehead atoms. The minimum absolute atomic E-state index is 0.0866.